The fourth-order valence-electron chi connectivity index (χ4n) is 2.45. The highest BCUT2D eigenvalue weighted by molar-refractivity contribution is 7.89. The fraction of sp³-hybridized carbons (Fsp3) is 0.583. The van der Waals surface area contributed by atoms with Crippen molar-refractivity contribution in [1.29, 1.82) is 0 Å². The van der Waals surface area contributed by atoms with Crippen LogP contribution in [-0.4, -0.2) is 35.6 Å². The average Bonchev–Trinajstić information content (AvgIpc) is 3.11. The van der Waals surface area contributed by atoms with Crippen molar-refractivity contribution in [2.75, 3.05) is 13.1 Å². The van der Waals surface area contributed by atoms with Crippen LogP contribution in [0.15, 0.2) is 28.4 Å². The molecule has 1 aromatic heterocycles. The number of nitrogens with zero attached hydrogens (tertiary/aromatic N) is 3. The molecule has 2 aliphatic rings. The molecule has 0 atom stereocenters. The predicted octanol–water partition coefficient (Wildman–Crippen LogP) is 1.29. The van der Waals surface area contributed by atoms with Gasteiger partial charge in [0.15, 0.2) is 0 Å². The molecule has 1 aromatic rings. The van der Waals surface area contributed by atoms with E-state index in [4.69, 9.17) is 0 Å². The van der Waals surface area contributed by atoms with Gasteiger partial charge in [-0.05, 0) is 25.7 Å². The van der Waals surface area contributed by atoms with Gasteiger partial charge in [-0.3, -0.25) is 4.68 Å². The molecule has 0 bridgehead atoms. The van der Waals surface area contributed by atoms with Crippen LogP contribution in [-0.2, 0) is 17.1 Å². The smallest absolute Gasteiger partial charge is 0.246 e. The summed E-state index contributed by atoms with van der Waals surface area (Å²) in [5.74, 6) is 0. The Labute approximate surface area is 107 Å². The lowest BCUT2D eigenvalue weighted by atomic mass is 10.1. The summed E-state index contributed by atoms with van der Waals surface area (Å²) in [5.41, 5.74) is 3.06. The van der Waals surface area contributed by atoms with E-state index in [1.165, 1.54) is 29.3 Å². The lowest BCUT2D eigenvalue weighted by molar-refractivity contribution is 0.386. The first kappa shape index (κ1) is 11.9. The molecule has 2 fully saturated rings. The standard InChI is InChI=1S/C12H17N3O2S/c1-14-9-12(8-13-14)18(16,17)15-6-4-11(5-7-15)10-2-3-10/h8-9H,2-7H2,1H3. The molecule has 0 N–H and O–H groups in total. The van der Waals surface area contributed by atoms with Gasteiger partial charge < -0.3 is 0 Å². The average molecular weight is 267 g/mol. The summed E-state index contributed by atoms with van der Waals surface area (Å²) in [6, 6.07) is 0. The van der Waals surface area contributed by atoms with Crippen LogP contribution < -0.4 is 0 Å². The normalized spacial score (nSPS) is 21.4. The van der Waals surface area contributed by atoms with E-state index < -0.39 is 10.0 Å². The van der Waals surface area contributed by atoms with Crippen molar-refractivity contribution in [3.05, 3.63) is 23.5 Å². The monoisotopic (exact) mass is 267 g/mol. The zero-order chi connectivity index (χ0) is 12.8. The molecule has 18 heavy (non-hydrogen) atoms. The lowest BCUT2D eigenvalue weighted by Crippen LogP contribution is -2.36. The van der Waals surface area contributed by atoms with Crippen molar-refractivity contribution in [2.24, 2.45) is 7.05 Å². The highest BCUT2D eigenvalue weighted by Gasteiger charge is 2.30. The second kappa shape index (κ2) is 4.20. The van der Waals surface area contributed by atoms with Gasteiger partial charge in [0.25, 0.3) is 0 Å². The van der Waals surface area contributed by atoms with E-state index in [0.717, 1.165) is 12.8 Å². The second-order valence-corrected chi connectivity index (χ2v) is 6.90. The minimum atomic E-state index is -3.34. The molecular formula is C12H17N3O2S. The van der Waals surface area contributed by atoms with Crippen LogP contribution in [0.3, 0.4) is 0 Å². The number of sulfonamides is 1. The van der Waals surface area contributed by atoms with Crippen molar-refractivity contribution < 1.29 is 8.42 Å². The number of hydrogen-bond donors (Lipinski definition) is 0. The summed E-state index contributed by atoms with van der Waals surface area (Å²) >= 11 is 0. The zero-order valence-electron chi connectivity index (χ0n) is 10.5. The lowest BCUT2D eigenvalue weighted by Gasteiger charge is -2.27. The molecule has 98 valence electrons. The Hall–Kier alpha value is -1.14. The highest BCUT2D eigenvalue weighted by atomic mass is 32.2. The van der Waals surface area contributed by atoms with E-state index in [1.54, 1.807) is 23.1 Å². The first-order valence-corrected chi connectivity index (χ1v) is 7.70. The van der Waals surface area contributed by atoms with Gasteiger partial charge in [0.1, 0.15) is 4.90 Å². The summed E-state index contributed by atoms with van der Waals surface area (Å²) in [6.07, 6.45) is 7.23. The van der Waals surface area contributed by atoms with Crippen molar-refractivity contribution >= 4 is 10.0 Å². The SMILES string of the molecule is Cn1cc(S(=O)(=O)N2CCC(=C3CC3)CC2)cn1. The Balaban J connectivity index is 1.77. The third-order valence-corrected chi connectivity index (χ3v) is 5.50. The van der Waals surface area contributed by atoms with Crippen molar-refractivity contribution in [3.63, 3.8) is 0 Å². The molecule has 6 heteroatoms. The number of aryl methyl sites for hydroxylation is 1. The largest absolute Gasteiger partial charge is 0.274 e. The summed E-state index contributed by atoms with van der Waals surface area (Å²) in [5, 5.41) is 3.93. The van der Waals surface area contributed by atoms with E-state index in [9.17, 15) is 8.42 Å². The zero-order valence-corrected chi connectivity index (χ0v) is 11.3. The quantitative estimate of drug-likeness (QED) is 0.759. The summed E-state index contributed by atoms with van der Waals surface area (Å²) < 4.78 is 27.8. The molecule has 1 aliphatic carbocycles. The van der Waals surface area contributed by atoms with E-state index in [0.29, 0.717) is 18.0 Å². The van der Waals surface area contributed by atoms with E-state index in [2.05, 4.69) is 5.10 Å². The van der Waals surface area contributed by atoms with Crippen LogP contribution in [0.4, 0.5) is 0 Å². The Morgan fingerprint density at radius 1 is 1.11 bits per heavy atom. The number of piperidine rings is 1. The van der Waals surface area contributed by atoms with Crippen LogP contribution in [0, 0.1) is 0 Å². The molecule has 0 amide bonds. The number of hydrogen-bond acceptors (Lipinski definition) is 3. The molecular weight excluding hydrogens is 250 g/mol. The topological polar surface area (TPSA) is 55.2 Å². The van der Waals surface area contributed by atoms with Crippen LogP contribution in [0.2, 0.25) is 0 Å². The van der Waals surface area contributed by atoms with Gasteiger partial charge in [0.05, 0.1) is 6.20 Å². The summed E-state index contributed by atoms with van der Waals surface area (Å²) in [6.45, 7) is 1.21. The Kier molecular flexibility index (Phi) is 2.79. The first-order chi connectivity index (χ1) is 8.57. The summed E-state index contributed by atoms with van der Waals surface area (Å²) in [4.78, 5) is 0.299. The van der Waals surface area contributed by atoms with Crippen molar-refractivity contribution in [1.82, 2.24) is 14.1 Å². The minimum absolute atomic E-state index is 0.299. The van der Waals surface area contributed by atoms with E-state index in [1.807, 2.05) is 0 Å². The molecule has 1 aliphatic heterocycles. The molecule has 1 saturated carbocycles. The Morgan fingerprint density at radius 2 is 1.72 bits per heavy atom. The van der Waals surface area contributed by atoms with Crippen molar-refractivity contribution in [2.45, 2.75) is 30.6 Å². The summed E-state index contributed by atoms with van der Waals surface area (Å²) in [7, 11) is -1.62. The molecule has 5 nitrogen and oxygen atoms in total. The second-order valence-electron chi connectivity index (χ2n) is 4.96. The predicted molar refractivity (Wildman–Crippen MR) is 67.5 cm³/mol. The molecule has 3 rings (SSSR count). The minimum Gasteiger partial charge on any atom is -0.274 e. The molecule has 1 saturated heterocycles. The number of aromatic nitrogens is 2. The van der Waals surface area contributed by atoms with Gasteiger partial charge in [0.2, 0.25) is 10.0 Å². The van der Waals surface area contributed by atoms with Gasteiger partial charge in [0, 0.05) is 26.3 Å². The van der Waals surface area contributed by atoms with E-state index >= 15 is 0 Å². The van der Waals surface area contributed by atoms with Gasteiger partial charge in [-0.1, -0.05) is 11.1 Å². The van der Waals surface area contributed by atoms with Crippen molar-refractivity contribution in [3.8, 4) is 0 Å². The maximum absolute atomic E-state index is 12.3. The van der Waals surface area contributed by atoms with Gasteiger partial charge in [-0.25, -0.2) is 8.42 Å². The van der Waals surface area contributed by atoms with Gasteiger partial charge >= 0.3 is 0 Å². The number of rotatable bonds is 2. The van der Waals surface area contributed by atoms with Gasteiger partial charge in [-0.15, -0.1) is 0 Å². The highest BCUT2D eigenvalue weighted by Crippen LogP contribution is 2.36. The van der Waals surface area contributed by atoms with E-state index in [-0.39, 0.29) is 0 Å². The number of allylic oxidation sites excluding steroid dienone is 1. The molecule has 0 aromatic carbocycles. The van der Waals surface area contributed by atoms with Crippen LogP contribution in [0.5, 0.6) is 0 Å². The maximum Gasteiger partial charge on any atom is 0.246 e. The first-order valence-electron chi connectivity index (χ1n) is 6.26. The molecule has 2 heterocycles. The van der Waals surface area contributed by atoms with Crippen LogP contribution in [0.25, 0.3) is 0 Å². The Bertz CT molecular complexity index is 585. The Morgan fingerprint density at radius 3 is 2.22 bits per heavy atom. The fourth-order valence-corrected chi connectivity index (χ4v) is 3.87. The third-order valence-electron chi connectivity index (χ3n) is 3.64. The van der Waals surface area contributed by atoms with Crippen LogP contribution in [0.1, 0.15) is 25.7 Å². The molecule has 0 spiro atoms. The molecule has 0 unspecified atom stereocenters. The van der Waals surface area contributed by atoms with Gasteiger partial charge in [-0.2, -0.15) is 9.40 Å². The molecule has 0 radical (unpaired) electrons. The third kappa shape index (κ3) is 2.10. The maximum atomic E-state index is 12.3. The van der Waals surface area contributed by atoms with Crippen LogP contribution >= 0.6 is 0 Å².